The lowest BCUT2D eigenvalue weighted by molar-refractivity contribution is -0.125. The van der Waals surface area contributed by atoms with Gasteiger partial charge >= 0.3 is 0 Å². The molecule has 1 fully saturated rings. The van der Waals surface area contributed by atoms with Gasteiger partial charge in [0.2, 0.25) is 11.9 Å². The molecule has 7 nitrogen and oxygen atoms in total. The summed E-state index contributed by atoms with van der Waals surface area (Å²) in [6.45, 7) is 5.16. The number of fused-ring (bicyclic) bond motifs is 4. The first-order valence-corrected chi connectivity index (χ1v) is 15.5. The van der Waals surface area contributed by atoms with Crippen molar-refractivity contribution in [2.45, 2.75) is 31.2 Å². The molecule has 1 aliphatic heterocycles. The van der Waals surface area contributed by atoms with Gasteiger partial charge in [-0.2, -0.15) is 0 Å². The van der Waals surface area contributed by atoms with Crippen LogP contribution in [0.1, 0.15) is 36.0 Å². The van der Waals surface area contributed by atoms with Gasteiger partial charge < -0.3 is 10.2 Å². The molecular formula is C36H37FN6O. The highest BCUT2D eigenvalue weighted by Crippen LogP contribution is 2.51. The highest BCUT2D eigenvalue weighted by atomic mass is 19.1. The molecule has 1 saturated heterocycles. The highest BCUT2D eigenvalue weighted by Gasteiger charge is 2.48. The molecule has 1 aliphatic carbocycles. The molecule has 1 amide bonds. The van der Waals surface area contributed by atoms with Crippen LogP contribution in [0.5, 0.6) is 0 Å². The van der Waals surface area contributed by atoms with E-state index >= 15 is 0 Å². The van der Waals surface area contributed by atoms with Crippen LogP contribution in [0.4, 0.5) is 10.3 Å². The van der Waals surface area contributed by atoms with Crippen molar-refractivity contribution >= 4 is 23.0 Å². The van der Waals surface area contributed by atoms with Crippen molar-refractivity contribution in [1.29, 1.82) is 0 Å². The number of nitrogens with one attached hydrogen (secondary N) is 1. The van der Waals surface area contributed by atoms with Crippen molar-refractivity contribution in [1.82, 2.24) is 24.8 Å². The third-order valence-corrected chi connectivity index (χ3v) is 9.35. The monoisotopic (exact) mass is 588 g/mol. The van der Waals surface area contributed by atoms with E-state index in [1.54, 1.807) is 12.1 Å². The Kier molecular flexibility index (Phi) is 7.60. The first-order chi connectivity index (χ1) is 21.5. The Morgan fingerprint density at radius 3 is 2.23 bits per heavy atom. The van der Waals surface area contributed by atoms with E-state index in [0.717, 1.165) is 96.9 Å². The molecule has 0 saturated carbocycles. The number of nitrogens with zero attached hydrogens (tertiary/aromatic N) is 5. The molecule has 8 heteroatoms. The van der Waals surface area contributed by atoms with E-state index in [1.807, 2.05) is 49.6 Å². The first-order valence-electron chi connectivity index (χ1n) is 15.5. The Hall–Kier alpha value is -4.56. The number of piperazine rings is 1. The average molecular weight is 589 g/mol. The number of benzene rings is 3. The number of aromatic nitrogens is 3. The maximum Gasteiger partial charge on any atom is 0.235 e. The lowest BCUT2D eigenvalue weighted by Gasteiger charge is -2.35. The van der Waals surface area contributed by atoms with E-state index in [4.69, 9.17) is 4.98 Å². The number of carbonyl (C=O) groups excluding carboxylic acids is 1. The van der Waals surface area contributed by atoms with Crippen LogP contribution in [-0.4, -0.2) is 58.1 Å². The van der Waals surface area contributed by atoms with E-state index in [2.05, 4.69) is 48.9 Å². The maximum atomic E-state index is 14.3. The summed E-state index contributed by atoms with van der Waals surface area (Å²) >= 11 is 0. The Bertz CT molecular complexity index is 1750. The van der Waals surface area contributed by atoms with Gasteiger partial charge in [0.05, 0.1) is 0 Å². The van der Waals surface area contributed by atoms with E-state index in [0.29, 0.717) is 6.54 Å². The second kappa shape index (κ2) is 11.8. The summed E-state index contributed by atoms with van der Waals surface area (Å²) < 4.78 is 15.6. The average Bonchev–Trinajstić information content (AvgIpc) is 3.56. The topological polar surface area (TPSA) is 66.3 Å². The summed E-state index contributed by atoms with van der Waals surface area (Å²) in [7, 11) is 2.04. The second-order valence-corrected chi connectivity index (χ2v) is 11.9. The van der Waals surface area contributed by atoms with Crippen LogP contribution in [0, 0.1) is 5.82 Å². The standard InChI is InChI=1S/C36H37FN6O/c1-41-33-32(13-8-19-38-33)40-35(41)43-23-21-42(22-24-43)20-7-6-18-36(34(44)39-25-26-14-16-27(37)17-15-26)30-11-4-2-9-28(30)29-10-3-5-12-31(29)36/h2-5,8-17,19H,6-7,18,20-25H2,1H3,(H,39,44). The van der Waals surface area contributed by atoms with Crippen molar-refractivity contribution in [2.24, 2.45) is 7.05 Å². The van der Waals surface area contributed by atoms with Crippen molar-refractivity contribution in [3.8, 4) is 11.1 Å². The molecule has 0 atom stereocenters. The fraction of sp³-hybridized carbons (Fsp3) is 0.306. The van der Waals surface area contributed by atoms with Crippen LogP contribution in [-0.2, 0) is 23.8 Å². The number of halogens is 1. The molecule has 0 radical (unpaired) electrons. The Morgan fingerprint density at radius 1 is 0.864 bits per heavy atom. The SMILES string of the molecule is Cn1c(N2CCN(CCCCC3(C(=O)NCc4ccc(F)cc4)c4ccccc4-c4ccccc43)CC2)nc2cccnc21. The third-order valence-electron chi connectivity index (χ3n) is 9.35. The number of hydrogen-bond acceptors (Lipinski definition) is 5. The van der Waals surface area contributed by atoms with Crippen molar-refractivity contribution in [3.63, 3.8) is 0 Å². The van der Waals surface area contributed by atoms with Gasteiger partial charge in [-0.25, -0.2) is 14.4 Å². The Labute approximate surface area is 257 Å². The zero-order valence-corrected chi connectivity index (χ0v) is 25.0. The molecule has 2 aliphatic rings. The van der Waals surface area contributed by atoms with Crippen LogP contribution < -0.4 is 10.2 Å². The summed E-state index contributed by atoms with van der Waals surface area (Å²) in [4.78, 5) is 28.5. The van der Waals surface area contributed by atoms with Gasteiger partial charge in [-0.15, -0.1) is 0 Å². The number of hydrogen-bond donors (Lipinski definition) is 1. The molecule has 44 heavy (non-hydrogen) atoms. The molecule has 3 aromatic carbocycles. The predicted molar refractivity (Wildman–Crippen MR) is 172 cm³/mol. The van der Waals surface area contributed by atoms with E-state index < -0.39 is 5.41 Å². The molecule has 0 spiro atoms. The quantitative estimate of drug-likeness (QED) is 0.225. The molecule has 0 unspecified atom stereocenters. The van der Waals surface area contributed by atoms with Crippen molar-refractivity contribution < 1.29 is 9.18 Å². The zero-order valence-electron chi connectivity index (χ0n) is 25.0. The maximum absolute atomic E-state index is 14.3. The number of rotatable bonds is 9. The van der Waals surface area contributed by atoms with Gasteiger partial charge in [0.15, 0.2) is 5.65 Å². The fourth-order valence-corrected chi connectivity index (χ4v) is 7.08. The van der Waals surface area contributed by atoms with Crippen LogP contribution in [0.2, 0.25) is 0 Å². The summed E-state index contributed by atoms with van der Waals surface area (Å²) in [5.41, 5.74) is 6.37. The van der Waals surface area contributed by atoms with Gasteiger partial charge in [0.1, 0.15) is 16.7 Å². The first kappa shape index (κ1) is 28.2. The third kappa shape index (κ3) is 5.03. The lowest BCUT2D eigenvalue weighted by atomic mass is 9.73. The van der Waals surface area contributed by atoms with Crippen molar-refractivity contribution in [3.05, 3.63) is 114 Å². The minimum absolute atomic E-state index is 0.00443. The molecule has 3 heterocycles. The summed E-state index contributed by atoms with van der Waals surface area (Å²) in [5, 5.41) is 3.22. The Morgan fingerprint density at radius 2 is 1.55 bits per heavy atom. The smallest absolute Gasteiger partial charge is 0.235 e. The molecular weight excluding hydrogens is 551 g/mol. The van der Waals surface area contributed by atoms with Crippen LogP contribution in [0.15, 0.2) is 91.1 Å². The number of imidazole rings is 1. The second-order valence-electron chi connectivity index (χ2n) is 11.9. The Balaban J connectivity index is 1.03. The predicted octanol–water partition coefficient (Wildman–Crippen LogP) is 5.68. The van der Waals surface area contributed by atoms with E-state index in [-0.39, 0.29) is 11.7 Å². The van der Waals surface area contributed by atoms with Gasteiger partial charge in [-0.3, -0.25) is 14.3 Å². The van der Waals surface area contributed by atoms with Gasteiger partial charge in [0, 0.05) is 46.0 Å². The number of amides is 1. The van der Waals surface area contributed by atoms with E-state index in [9.17, 15) is 9.18 Å². The fourth-order valence-electron chi connectivity index (χ4n) is 7.08. The number of anilines is 1. The lowest BCUT2D eigenvalue weighted by Crippen LogP contribution is -2.47. The zero-order chi connectivity index (χ0) is 30.1. The molecule has 5 aromatic rings. The van der Waals surface area contributed by atoms with Crippen LogP contribution >= 0.6 is 0 Å². The summed E-state index contributed by atoms with van der Waals surface area (Å²) in [6, 6.07) is 26.9. The normalized spacial score (nSPS) is 15.7. The number of carbonyl (C=O) groups is 1. The minimum Gasteiger partial charge on any atom is -0.351 e. The van der Waals surface area contributed by atoms with Gasteiger partial charge in [0.25, 0.3) is 0 Å². The minimum atomic E-state index is -0.764. The molecule has 7 rings (SSSR count). The van der Waals surface area contributed by atoms with E-state index in [1.165, 1.54) is 12.1 Å². The summed E-state index contributed by atoms with van der Waals surface area (Å²) in [6.07, 6.45) is 4.47. The highest BCUT2D eigenvalue weighted by molar-refractivity contribution is 6.00. The number of pyridine rings is 1. The molecule has 1 N–H and O–H groups in total. The van der Waals surface area contributed by atoms with Crippen molar-refractivity contribution in [2.75, 3.05) is 37.6 Å². The van der Waals surface area contributed by atoms with Gasteiger partial charge in [-0.05, 0) is 71.5 Å². The summed E-state index contributed by atoms with van der Waals surface area (Å²) in [5.74, 6) is 0.703. The van der Waals surface area contributed by atoms with Crippen LogP contribution in [0.25, 0.3) is 22.3 Å². The van der Waals surface area contributed by atoms with Crippen LogP contribution in [0.3, 0.4) is 0 Å². The number of unbranched alkanes of at least 4 members (excludes halogenated alkanes) is 1. The molecule has 2 aromatic heterocycles. The van der Waals surface area contributed by atoms with Gasteiger partial charge in [-0.1, -0.05) is 67.1 Å². The molecule has 0 bridgehead atoms. The molecule has 224 valence electrons. The number of aryl methyl sites for hydroxylation is 1. The largest absolute Gasteiger partial charge is 0.351 e.